The third kappa shape index (κ3) is 32.5. The average Bonchev–Trinajstić information content (AvgIpc) is 3.49. The first-order valence-electron chi connectivity index (χ1n) is 23.9. The first kappa shape index (κ1) is 58.2. The molecule has 0 saturated carbocycles. The second kappa shape index (κ2) is 35.4. The highest BCUT2D eigenvalue weighted by Crippen LogP contribution is 2.43. The second-order valence-electron chi connectivity index (χ2n) is 17.8. The summed E-state index contributed by atoms with van der Waals surface area (Å²) in [6.45, 7) is 8.36. The fourth-order valence-electron chi connectivity index (χ4n) is 6.62. The van der Waals surface area contributed by atoms with Gasteiger partial charge in [0.2, 0.25) is 0 Å². The molecule has 3 N–H and O–H groups in total. The average molecular weight is 909 g/mol. The van der Waals surface area contributed by atoms with Gasteiger partial charge in [-0.15, -0.1) is 0 Å². The summed E-state index contributed by atoms with van der Waals surface area (Å²) in [7, 11) is 1.30. The molecule has 0 aliphatic carbocycles. The number of unbranched alkanes of at least 4 members (excludes halogenated alkanes) is 12. The van der Waals surface area contributed by atoms with Gasteiger partial charge in [0.25, 0.3) is 0 Å². The highest BCUT2D eigenvalue weighted by molar-refractivity contribution is 7.47. The Labute approximate surface area is 381 Å². The van der Waals surface area contributed by atoms with Crippen molar-refractivity contribution in [2.45, 2.75) is 187 Å². The molecule has 1 unspecified atom stereocenters. The van der Waals surface area contributed by atoms with E-state index in [0.29, 0.717) is 36.7 Å². The molecule has 12 nitrogen and oxygen atoms in total. The van der Waals surface area contributed by atoms with E-state index < -0.39 is 44.7 Å². The maximum absolute atomic E-state index is 12.8. The van der Waals surface area contributed by atoms with E-state index in [1.807, 2.05) is 27.2 Å². The van der Waals surface area contributed by atoms with Crippen molar-refractivity contribution < 1.29 is 56.7 Å². The number of ether oxygens (including phenoxy) is 2. The molecule has 1 aromatic heterocycles. The molecule has 63 heavy (non-hydrogen) atoms. The van der Waals surface area contributed by atoms with E-state index in [-0.39, 0.29) is 26.1 Å². The van der Waals surface area contributed by atoms with E-state index in [2.05, 4.69) is 33.8 Å². The Morgan fingerprint density at radius 2 is 1.24 bits per heavy atom. The lowest BCUT2D eigenvalue weighted by molar-refractivity contribution is -0.870. The fraction of sp³-hybridized carbons (Fsp3) is 0.720. The van der Waals surface area contributed by atoms with Gasteiger partial charge in [0, 0.05) is 25.7 Å². The van der Waals surface area contributed by atoms with Crippen LogP contribution in [0.4, 0.5) is 0 Å². The van der Waals surface area contributed by atoms with E-state index >= 15 is 0 Å². The molecule has 0 fully saturated rings. The highest BCUT2D eigenvalue weighted by Gasteiger charge is 2.27. The standard InChI is InChI=1S/C50H86NO11P/c1-8-10-12-13-18-24-30-44(52)31-25-21-22-26-32-45(53)33-29-37-50(55)61-46(41-60-63(56,57)59-39-38-51(5,6)7)40-58-49(54)36-28-20-17-15-14-16-19-27-35-48-43(4)42(3)47(62-48)34-23-11-9-2/h18,21-22,24-26,31-32,44-46,52-53H,8-17,19-20,23,27-30,33-41H2,1-7H3/p+1/b22-21+,24-18-,31-25+,32-26-/t44-,45-,46+/m0/s1. The maximum Gasteiger partial charge on any atom is 0.472 e. The number of phosphoric ester groups is 1. The largest absolute Gasteiger partial charge is 0.472 e. The number of quaternary nitrogens is 1. The molecule has 1 rings (SSSR count). The van der Waals surface area contributed by atoms with Gasteiger partial charge in [-0.1, -0.05) is 127 Å². The highest BCUT2D eigenvalue weighted by atomic mass is 31.2. The molecule has 0 aliphatic heterocycles. The van der Waals surface area contributed by atoms with E-state index in [1.54, 1.807) is 36.5 Å². The van der Waals surface area contributed by atoms with Crippen molar-refractivity contribution in [3.05, 3.63) is 71.3 Å². The van der Waals surface area contributed by atoms with E-state index in [4.69, 9.17) is 22.9 Å². The van der Waals surface area contributed by atoms with Crippen LogP contribution in [0.25, 0.3) is 0 Å². The van der Waals surface area contributed by atoms with Gasteiger partial charge < -0.3 is 33.5 Å². The third-order valence-corrected chi connectivity index (χ3v) is 11.7. The van der Waals surface area contributed by atoms with Crippen LogP contribution in [0, 0.1) is 13.8 Å². The van der Waals surface area contributed by atoms with Crippen LogP contribution in [-0.2, 0) is 45.5 Å². The number of allylic oxidation sites excluding steroid dienone is 5. The monoisotopic (exact) mass is 909 g/mol. The molecule has 0 aliphatic rings. The zero-order valence-electron chi connectivity index (χ0n) is 40.2. The van der Waals surface area contributed by atoms with Gasteiger partial charge in [-0.05, 0) is 76.3 Å². The molecule has 0 aromatic carbocycles. The Morgan fingerprint density at radius 3 is 1.86 bits per heavy atom. The van der Waals surface area contributed by atoms with Crippen LogP contribution >= 0.6 is 7.82 Å². The minimum absolute atomic E-state index is 0.0223. The number of aliphatic hydroxyl groups excluding tert-OH is 2. The number of aliphatic hydroxyl groups is 2. The van der Waals surface area contributed by atoms with Gasteiger partial charge in [-0.2, -0.15) is 0 Å². The lowest BCUT2D eigenvalue weighted by Gasteiger charge is -2.24. The number of esters is 2. The topological polar surface area (TPSA) is 162 Å². The molecule has 0 radical (unpaired) electrons. The Hall–Kier alpha value is -2.83. The Balaban J connectivity index is 2.45. The van der Waals surface area contributed by atoms with Gasteiger partial charge in [0.15, 0.2) is 6.10 Å². The molecule has 0 amide bonds. The number of aryl methyl sites for hydroxylation is 2. The minimum Gasteiger partial charge on any atom is -0.466 e. The number of likely N-dealkylation sites (N-methyl/N-ethyl adjacent to an activating group) is 1. The number of nitrogens with zero attached hydrogens (tertiary/aromatic N) is 1. The minimum atomic E-state index is -4.46. The zero-order valence-corrected chi connectivity index (χ0v) is 41.1. The van der Waals surface area contributed by atoms with Crippen LogP contribution in [0.3, 0.4) is 0 Å². The van der Waals surface area contributed by atoms with Gasteiger partial charge in [0.1, 0.15) is 31.3 Å². The smallest absolute Gasteiger partial charge is 0.466 e. The summed E-state index contributed by atoms with van der Waals surface area (Å²) in [5.74, 6) is 1.25. The van der Waals surface area contributed by atoms with Crippen LogP contribution in [0.15, 0.2) is 53.0 Å². The lowest BCUT2D eigenvalue weighted by Crippen LogP contribution is -2.37. The first-order chi connectivity index (χ1) is 30.1. The number of hydrogen-bond acceptors (Lipinski definition) is 10. The van der Waals surface area contributed by atoms with Crippen LogP contribution < -0.4 is 0 Å². The van der Waals surface area contributed by atoms with E-state index in [1.165, 1.54) is 62.5 Å². The number of furan rings is 1. The Kier molecular flexibility index (Phi) is 32.7. The van der Waals surface area contributed by atoms with Crippen molar-refractivity contribution in [2.24, 2.45) is 0 Å². The number of carbonyl (C=O) groups excluding carboxylic acids is 2. The van der Waals surface area contributed by atoms with Crippen LogP contribution in [0.1, 0.15) is 165 Å². The van der Waals surface area contributed by atoms with Crippen LogP contribution in [-0.4, -0.2) is 97.3 Å². The zero-order chi connectivity index (χ0) is 46.8. The van der Waals surface area contributed by atoms with Gasteiger partial charge in [-0.25, -0.2) is 4.57 Å². The molecule has 0 saturated heterocycles. The van der Waals surface area contributed by atoms with Crippen molar-refractivity contribution in [3.8, 4) is 0 Å². The molecule has 362 valence electrons. The predicted octanol–water partition coefficient (Wildman–Crippen LogP) is 11.1. The number of phosphoric acid groups is 1. The summed E-state index contributed by atoms with van der Waals surface area (Å²) >= 11 is 0. The maximum atomic E-state index is 12.8. The Morgan fingerprint density at radius 1 is 0.683 bits per heavy atom. The summed E-state index contributed by atoms with van der Waals surface area (Å²) in [5, 5.41) is 20.4. The molecule has 13 heteroatoms. The Bertz CT molecular complexity index is 1530. The van der Waals surface area contributed by atoms with Crippen molar-refractivity contribution in [1.82, 2.24) is 0 Å². The van der Waals surface area contributed by atoms with E-state index in [0.717, 1.165) is 62.9 Å². The predicted molar refractivity (Wildman–Crippen MR) is 253 cm³/mol. The third-order valence-electron chi connectivity index (χ3n) is 10.8. The molecule has 0 bridgehead atoms. The fourth-order valence-corrected chi connectivity index (χ4v) is 7.36. The quantitative estimate of drug-likeness (QED) is 0.0144. The second-order valence-corrected chi connectivity index (χ2v) is 19.2. The molecular weight excluding hydrogens is 822 g/mol. The van der Waals surface area contributed by atoms with Gasteiger partial charge >= 0.3 is 19.8 Å². The number of rotatable bonds is 39. The summed E-state index contributed by atoms with van der Waals surface area (Å²) in [4.78, 5) is 35.6. The van der Waals surface area contributed by atoms with Crippen molar-refractivity contribution >= 4 is 19.8 Å². The van der Waals surface area contributed by atoms with Gasteiger partial charge in [-0.3, -0.25) is 18.6 Å². The molecule has 0 spiro atoms. The van der Waals surface area contributed by atoms with Crippen LogP contribution in [0.5, 0.6) is 0 Å². The van der Waals surface area contributed by atoms with Crippen molar-refractivity contribution in [1.29, 1.82) is 0 Å². The first-order valence-corrected chi connectivity index (χ1v) is 25.4. The van der Waals surface area contributed by atoms with Gasteiger partial charge in [0.05, 0.1) is 40.0 Å². The molecular formula is C50H87NO11P+. The molecule has 1 heterocycles. The SMILES string of the molecule is CCCCC/C=C\C[C@H](O)/C=C/C=C/C=C\[C@H](O)CCCC(=O)O[C@H](COC(=O)CCCCCCCCCCc1oc(CCCCC)c(C)c1C)COP(=O)(O)OCC[N+](C)(C)C. The van der Waals surface area contributed by atoms with Crippen molar-refractivity contribution in [3.63, 3.8) is 0 Å². The molecule has 1 aromatic rings. The number of hydrogen-bond donors (Lipinski definition) is 3. The lowest BCUT2D eigenvalue weighted by atomic mass is 10.0. The normalized spacial score (nSPS) is 14.9. The van der Waals surface area contributed by atoms with Crippen LogP contribution in [0.2, 0.25) is 0 Å². The summed E-state index contributed by atoms with van der Waals surface area (Å²) in [6, 6.07) is 0. The number of carbonyl (C=O) groups is 2. The summed E-state index contributed by atoms with van der Waals surface area (Å²) in [6.07, 6.45) is 31.9. The van der Waals surface area contributed by atoms with E-state index in [9.17, 15) is 29.3 Å². The summed E-state index contributed by atoms with van der Waals surface area (Å²) < 4.78 is 40.4. The molecule has 4 atom stereocenters. The van der Waals surface area contributed by atoms with Crippen molar-refractivity contribution in [2.75, 3.05) is 47.5 Å². The summed E-state index contributed by atoms with van der Waals surface area (Å²) in [5.41, 5.74) is 2.63.